The van der Waals surface area contributed by atoms with Crippen molar-refractivity contribution in [3.8, 4) is 22.9 Å². The second kappa shape index (κ2) is 6.56. The molecule has 0 N–H and O–H groups in total. The van der Waals surface area contributed by atoms with Gasteiger partial charge in [0.15, 0.2) is 0 Å². The van der Waals surface area contributed by atoms with Crippen molar-refractivity contribution in [1.29, 1.82) is 5.26 Å². The van der Waals surface area contributed by atoms with Crippen molar-refractivity contribution in [3.05, 3.63) is 102 Å². The number of halogens is 1. The molecule has 2 nitrogen and oxygen atoms in total. The number of benzene rings is 4. The molecule has 0 saturated heterocycles. The van der Waals surface area contributed by atoms with Crippen LogP contribution in [0.1, 0.15) is 5.56 Å². The minimum atomic E-state index is 0.487. The molecular formula is C25H15ClN2. The maximum Gasteiger partial charge on any atom is 0.101 e. The molecule has 0 bridgehead atoms. The summed E-state index contributed by atoms with van der Waals surface area (Å²) in [6.07, 6.45) is 0. The summed E-state index contributed by atoms with van der Waals surface area (Å²) < 4.78 is 2.27. The van der Waals surface area contributed by atoms with Crippen LogP contribution in [0.25, 0.3) is 38.6 Å². The Balaban J connectivity index is 1.79. The van der Waals surface area contributed by atoms with E-state index in [1.165, 1.54) is 10.8 Å². The summed E-state index contributed by atoms with van der Waals surface area (Å²) in [4.78, 5) is 0. The first-order valence-corrected chi connectivity index (χ1v) is 9.43. The van der Waals surface area contributed by atoms with Gasteiger partial charge in [-0.25, -0.2) is 0 Å². The minimum absolute atomic E-state index is 0.487. The van der Waals surface area contributed by atoms with Gasteiger partial charge in [0.1, 0.15) is 6.07 Å². The molecule has 1 heterocycles. The number of nitrogens with zero attached hydrogens (tertiary/aromatic N) is 2. The summed E-state index contributed by atoms with van der Waals surface area (Å²) in [5.74, 6) is 0. The number of fused-ring (bicyclic) bond motifs is 3. The fraction of sp³-hybridized carbons (Fsp3) is 0. The Kier molecular flexibility index (Phi) is 3.90. The SMILES string of the molecule is N#Cc1cccc(-c2cccc(-n3c4ccccc4c4ccccc43)c2)c1Cl. The number of rotatable bonds is 2. The smallest absolute Gasteiger partial charge is 0.101 e. The molecule has 132 valence electrons. The molecule has 0 fully saturated rings. The summed E-state index contributed by atoms with van der Waals surface area (Å²) in [5.41, 5.74) is 5.73. The van der Waals surface area contributed by atoms with E-state index in [4.69, 9.17) is 11.6 Å². The van der Waals surface area contributed by atoms with E-state index in [9.17, 15) is 5.26 Å². The van der Waals surface area contributed by atoms with E-state index in [-0.39, 0.29) is 0 Å². The first kappa shape index (κ1) is 16.6. The third-order valence-electron chi connectivity index (χ3n) is 5.11. The van der Waals surface area contributed by atoms with Crippen LogP contribution in [0.4, 0.5) is 0 Å². The summed E-state index contributed by atoms with van der Waals surface area (Å²) in [6.45, 7) is 0. The summed E-state index contributed by atoms with van der Waals surface area (Å²) in [5, 5.41) is 12.2. The number of hydrogen-bond acceptors (Lipinski definition) is 1. The highest BCUT2D eigenvalue weighted by Gasteiger charge is 2.13. The predicted molar refractivity (Wildman–Crippen MR) is 116 cm³/mol. The molecule has 0 aliphatic heterocycles. The average molecular weight is 379 g/mol. The highest BCUT2D eigenvalue weighted by atomic mass is 35.5. The van der Waals surface area contributed by atoms with Crippen LogP contribution in [0.5, 0.6) is 0 Å². The van der Waals surface area contributed by atoms with Crippen molar-refractivity contribution in [3.63, 3.8) is 0 Å². The van der Waals surface area contributed by atoms with Gasteiger partial charge < -0.3 is 4.57 Å². The van der Waals surface area contributed by atoms with E-state index in [1.54, 1.807) is 6.07 Å². The van der Waals surface area contributed by atoms with E-state index in [2.05, 4.69) is 71.3 Å². The Bertz CT molecular complexity index is 1340. The number of aromatic nitrogens is 1. The lowest BCUT2D eigenvalue weighted by molar-refractivity contribution is 1.18. The van der Waals surface area contributed by atoms with Gasteiger partial charge in [-0.15, -0.1) is 0 Å². The van der Waals surface area contributed by atoms with Crippen molar-refractivity contribution in [2.45, 2.75) is 0 Å². The maximum atomic E-state index is 9.29. The van der Waals surface area contributed by atoms with Gasteiger partial charge in [-0.05, 0) is 35.9 Å². The van der Waals surface area contributed by atoms with Crippen molar-refractivity contribution < 1.29 is 0 Å². The molecule has 0 atom stereocenters. The molecule has 0 aliphatic rings. The van der Waals surface area contributed by atoms with E-state index in [1.807, 2.05) is 24.3 Å². The lowest BCUT2D eigenvalue weighted by atomic mass is 10.0. The van der Waals surface area contributed by atoms with Crippen LogP contribution in [-0.4, -0.2) is 4.57 Å². The van der Waals surface area contributed by atoms with Crippen molar-refractivity contribution >= 4 is 33.4 Å². The second-order valence-electron chi connectivity index (χ2n) is 6.70. The summed E-state index contributed by atoms with van der Waals surface area (Å²) in [6, 6.07) is 32.9. The molecule has 0 saturated carbocycles. The van der Waals surface area contributed by atoms with Crippen LogP contribution < -0.4 is 0 Å². The molecule has 0 spiro atoms. The molecule has 0 radical (unpaired) electrons. The van der Waals surface area contributed by atoms with Crippen LogP contribution >= 0.6 is 11.6 Å². The van der Waals surface area contributed by atoms with E-state index >= 15 is 0 Å². The fourth-order valence-corrected chi connectivity index (χ4v) is 4.13. The van der Waals surface area contributed by atoms with Gasteiger partial charge in [-0.3, -0.25) is 0 Å². The van der Waals surface area contributed by atoms with Gasteiger partial charge in [0.25, 0.3) is 0 Å². The fourth-order valence-electron chi connectivity index (χ4n) is 3.85. The Morgan fingerprint density at radius 1 is 0.714 bits per heavy atom. The molecular weight excluding hydrogens is 364 g/mol. The van der Waals surface area contributed by atoms with Crippen LogP contribution in [-0.2, 0) is 0 Å². The zero-order valence-electron chi connectivity index (χ0n) is 14.9. The predicted octanol–water partition coefficient (Wildman–Crippen LogP) is 6.98. The molecule has 0 amide bonds. The summed E-state index contributed by atoms with van der Waals surface area (Å²) in [7, 11) is 0. The third kappa shape index (κ3) is 2.49. The van der Waals surface area contributed by atoms with Crippen molar-refractivity contribution in [1.82, 2.24) is 4.57 Å². The molecule has 0 aliphatic carbocycles. The second-order valence-corrected chi connectivity index (χ2v) is 7.08. The van der Waals surface area contributed by atoms with E-state index in [0.717, 1.165) is 27.8 Å². The highest BCUT2D eigenvalue weighted by molar-refractivity contribution is 6.34. The highest BCUT2D eigenvalue weighted by Crippen LogP contribution is 2.35. The number of nitriles is 1. The standard InChI is InChI=1S/C25H15ClN2/c26-25-18(16-27)8-6-12-20(25)17-7-5-9-19(15-17)28-23-13-3-1-10-21(23)22-11-2-4-14-24(22)28/h1-15H. The lowest BCUT2D eigenvalue weighted by Gasteiger charge is -2.11. The van der Waals surface area contributed by atoms with Gasteiger partial charge in [-0.1, -0.05) is 72.3 Å². The Morgan fingerprint density at radius 2 is 1.36 bits per heavy atom. The largest absolute Gasteiger partial charge is 0.309 e. The van der Waals surface area contributed by atoms with Crippen molar-refractivity contribution in [2.75, 3.05) is 0 Å². The average Bonchev–Trinajstić information content (AvgIpc) is 3.08. The molecule has 0 unspecified atom stereocenters. The van der Waals surface area contributed by atoms with Crippen LogP contribution in [0.3, 0.4) is 0 Å². The Hall–Kier alpha value is -3.54. The molecule has 3 heteroatoms. The number of para-hydroxylation sites is 2. The van der Waals surface area contributed by atoms with E-state index < -0.39 is 0 Å². The monoisotopic (exact) mass is 378 g/mol. The molecule has 28 heavy (non-hydrogen) atoms. The van der Waals surface area contributed by atoms with Gasteiger partial charge in [0, 0.05) is 22.0 Å². The normalized spacial score (nSPS) is 11.0. The van der Waals surface area contributed by atoms with Crippen molar-refractivity contribution in [2.24, 2.45) is 0 Å². The molecule has 1 aromatic heterocycles. The topological polar surface area (TPSA) is 28.7 Å². The third-order valence-corrected chi connectivity index (χ3v) is 5.52. The lowest BCUT2D eigenvalue weighted by Crippen LogP contribution is -1.94. The zero-order valence-corrected chi connectivity index (χ0v) is 15.7. The molecule has 5 rings (SSSR count). The van der Waals surface area contributed by atoms with Gasteiger partial charge in [0.05, 0.1) is 21.6 Å². The minimum Gasteiger partial charge on any atom is -0.309 e. The first-order valence-electron chi connectivity index (χ1n) is 9.05. The summed E-state index contributed by atoms with van der Waals surface area (Å²) >= 11 is 6.48. The quantitative estimate of drug-likeness (QED) is 0.326. The molecule has 4 aromatic carbocycles. The van der Waals surface area contributed by atoms with Crippen LogP contribution in [0, 0.1) is 11.3 Å². The zero-order chi connectivity index (χ0) is 19.1. The van der Waals surface area contributed by atoms with Gasteiger partial charge >= 0.3 is 0 Å². The van der Waals surface area contributed by atoms with Crippen LogP contribution in [0.15, 0.2) is 91.0 Å². The van der Waals surface area contributed by atoms with E-state index in [0.29, 0.717) is 10.6 Å². The first-order chi connectivity index (χ1) is 13.8. The molecule has 5 aromatic rings. The van der Waals surface area contributed by atoms with Gasteiger partial charge in [0.2, 0.25) is 0 Å². The van der Waals surface area contributed by atoms with Gasteiger partial charge in [-0.2, -0.15) is 5.26 Å². The maximum absolute atomic E-state index is 9.29. The Morgan fingerprint density at radius 3 is 2.04 bits per heavy atom. The number of hydrogen-bond donors (Lipinski definition) is 0. The van der Waals surface area contributed by atoms with Crippen LogP contribution in [0.2, 0.25) is 5.02 Å². The Labute approximate surface area is 167 Å².